The van der Waals surface area contributed by atoms with Gasteiger partial charge in [0.05, 0.1) is 28.5 Å². The summed E-state index contributed by atoms with van der Waals surface area (Å²) in [4.78, 5) is 15.0. The number of aldehydes is 1. The van der Waals surface area contributed by atoms with E-state index in [2.05, 4.69) is 11.9 Å². The smallest absolute Gasteiger partial charge is 0.122 e. The molecule has 0 aliphatic carbocycles. The molecule has 1 aliphatic rings. The predicted octanol–water partition coefficient (Wildman–Crippen LogP) is 3.77. The van der Waals surface area contributed by atoms with Crippen LogP contribution in [0.3, 0.4) is 0 Å². The minimum absolute atomic E-state index is 0.101. The second kappa shape index (κ2) is 7.69. The molecule has 0 saturated carbocycles. The molecule has 0 amide bonds. The fourth-order valence-electron chi connectivity index (χ4n) is 2.82. The summed E-state index contributed by atoms with van der Waals surface area (Å²) in [5.41, 5.74) is 1.69. The number of aromatic nitrogens is 1. The van der Waals surface area contributed by atoms with Crippen LogP contribution in [-0.4, -0.2) is 34.2 Å². The van der Waals surface area contributed by atoms with Crippen molar-refractivity contribution in [2.45, 2.75) is 71.2 Å². The maximum atomic E-state index is 10.6. The summed E-state index contributed by atoms with van der Waals surface area (Å²) in [6.07, 6.45) is 5.99. The van der Waals surface area contributed by atoms with E-state index in [0.717, 1.165) is 41.8 Å². The summed E-state index contributed by atoms with van der Waals surface area (Å²) < 4.78 is 5.81. The molecule has 1 aromatic heterocycles. The van der Waals surface area contributed by atoms with Gasteiger partial charge in [0.1, 0.15) is 6.29 Å². The first-order valence-corrected chi connectivity index (χ1v) is 9.13. The van der Waals surface area contributed by atoms with E-state index in [0.29, 0.717) is 6.42 Å². The van der Waals surface area contributed by atoms with Gasteiger partial charge in [-0.1, -0.05) is 6.92 Å². The summed E-state index contributed by atoms with van der Waals surface area (Å²) in [5.74, 6) is 0.119. The van der Waals surface area contributed by atoms with Gasteiger partial charge in [-0.05, 0) is 51.7 Å². The van der Waals surface area contributed by atoms with E-state index >= 15 is 0 Å². The van der Waals surface area contributed by atoms with Gasteiger partial charge in [-0.2, -0.15) is 0 Å². The minimum atomic E-state index is -0.502. The quantitative estimate of drug-likeness (QED) is 0.550. The van der Waals surface area contributed by atoms with E-state index in [9.17, 15) is 9.90 Å². The molecule has 0 radical (unpaired) electrons. The van der Waals surface area contributed by atoms with Crippen molar-refractivity contribution in [1.29, 1.82) is 0 Å². The Hall–Kier alpha value is -1.04. The molecular formula is C18H27NO3S. The van der Waals surface area contributed by atoms with Gasteiger partial charge in [-0.15, -0.1) is 11.3 Å². The molecular weight excluding hydrogens is 310 g/mol. The average Bonchev–Trinajstić information content (AvgIpc) is 2.93. The Morgan fingerprint density at radius 3 is 2.96 bits per heavy atom. The Kier molecular flexibility index (Phi) is 6.12. The summed E-state index contributed by atoms with van der Waals surface area (Å²) in [7, 11) is 0. The molecule has 0 bridgehead atoms. The van der Waals surface area contributed by atoms with Crippen LogP contribution in [0.25, 0.3) is 6.08 Å². The first kappa shape index (κ1) is 18.3. The molecule has 1 aromatic rings. The molecule has 2 heterocycles. The number of thiazole rings is 1. The van der Waals surface area contributed by atoms with Gasteiger partial charge >= 0.3 is 0 Å². The van der Waals surface area contributed by atoms with Crippen LogP contribution in [0.2, 0.25) is 0 Å². The molecule has 128 valence electrons. The third-order valence-corrected chi connectivity index (χ3v) is 5.37. The monoisotopic (exact) mass is 337 g/mol. The van der Waals surface area contributed by atoms with Crippen LogP contribution in [0, 0.1) is 12.8 Å². The Labute approximate surface area is 142 Å². The van der Waals surface area contributed by atoms with Gasteiger partial charge < -0.3 is 14.6 Å². The highest BCUT2D eigenvalue weighted by Gasteiger charge is 2.51. The van der Waals surface area contributed by atoms with Gasteiger partial charge in [-0.3, -0.25) is 0 Å². The van der Waals surface area contributed by atoms with Crippen molar-refractivity contribution in [3.8, 4) is 0 Å². The standard InChI is InChI=1S/C18H27NO3S/c1-12(10-20)6-5-7-18(4)17(22-18)9-16(21)13(2)8-15-11-23-14(3)19-15/h8,10-12,16-17,21H,5-7,9H2,1-4H3/b13-8+/t12-,16-,17-,18+/m0/s1. The Balaban J connectivity index is 1.79. The van der Waals surface area contributed by atoms with E-state index in [1.165, 1.54) is 0 Å². The molecule has 1 N–H and O–H groups in total. The van der Waals surface area contributed by atoms with Crippen LogP contribution in [0.5, 0.6) is 0 Å². The highest BCUT2D eigenvalue weighted by Crippen LogP contribution is 2.44. The number of carbonyl (C=O) groups is 1. The molecule has 1 fully saturated rings. The van der Waals surface area contributed by atoms with Crippen LogP contribution in [0.15, 0.2) is 11.0 Å². The number of nitrogens with zero attached hydrogens (tertiary/aromatic N) is 1. The molecule has 1 saturated heterocycles. The van der Waals surface area contributed by atoms with E-state index in [4.69, 9.17) is 4.74 Å². The molecule has 4 nitrogen and oxygen atoms in total. The number of aliphatic hydroxyl groups is 1. The number of aryl methyl sites for hydroxylation is 1. The maximum Gasteiger partial charge on any atom is 0.122 e. The van der Waals surface area contributed by atoms with Crippen LogP contribution in [0.1, 0.15) is 57.2 Å². The van der Waals surface area contributed by atoms with Crippen molar-refractivity contribution in [3.05, 3.63) is 21.7 Å². The van der Waals surface area contributed by atoms with E-state index in [-0.39, 0.29) is 17.6 Å². The van der Waals surface area contributed by atoms with E-state index in [1.54, 1.807) is 11.3 Å². The van der Waals surface area contributed by atoms with Crippen LogP contribution >= 0.6 is 11.3 Å². The highest BCUT2D eigenvalue weighted by atomic mass is 32.1. The van der Waals surface area contributed by atoms with Gasteiger partial charge in [-0.25, -0.2) is 4.98 Å². The van der Waals surface area contributed by atoms with Crippen molar-refractivity contribution >= 4 is 23.7 Å². The lowest BCUT2D eigenvalue weighted by atomic mass is 9.93. The highest BCUT2D eigenvalue weighted by molar-refractivity contribution is 7.09. The fourth-order valence-corrected chi connectivity index (χ4v) is 3.39. The molecule has 4 atom stereocenters. The molecule has 0 aromatic carbocycles. The molecule has 23 heavy (non-hydrogen) atoms. The van der Waals surface area contributed by atoms with Crippen LogP contribution < -0.4 is 0 Å². The summed E-state index contributed by atoms with van der Waals surface area (Å²) in [6, 6.07) is 0. The Morgan fingerprint density at radius 1 is 1.61 bits per heavy atom. The normalized spacial score (nSPS) is 26.8. The van der Waals surface area contributed by atoms with E-state index < -0.39 is 6.10 Å². The Bertz CT molecular complexity index is 568. The molecule has 0 unspecified atom stereocenters. The van der Waals surface area contributed by atoms with Crippen molar-refractivity contribution in [2.24, 2.45) is 5.92 Å². The SMILES string of the molecule is C/C(=C\c1csc(C)n1)[C@@H](O)C[C@@H]1O[C@]1(C)CCC[C@H](C)C=O. The third-order valence-electron chi connectivity index (χ3n) is 4.58. The summed E-state index contributed by atoms with van der Waals surface area (Å²) in [6.45, 7) is 7.95. The van der Waals surface area contributed by atoms with Gasteiger partial charge in [0.2, 0.25) is 0 Å². The minimum Gasteiger partial charge on any atom is -0.389 e. The second-order valence-corrected chi connectivity index (χ2v) is 7.92. The largest absolute Gasteiger partial charge is 0.389 e. The van der Waals surface area contributed by atoms with Crippen molar-refractivity contribution in [2.75, 3.05) is 0 Å². The lowest BCUT2D eigenvalue weighted by Crippen LogP contribution is -2.17. The first-order valence-electron chi connectivity index (χ1n) is 8.25. The van der Waals surface area contributed by atoms with Crippen LogP contribution in [-0.2, 0) is 9.53 Å². The van der Waals surface area contributed by atoms with Crippen LogP contribution in [0.4, 0.5) is 0 Å². The number of rotatable bonds is 9. The first-order chi connectivity index (χ1) is 10.8. The fraction of sp³-hybridized carbons (Fsp3) is 0.667. The number of hydrogen-bond acceptors (Lipinski definition) is 5. The zero-order chi connectivity index (χ0) is 17.0. The summed E-state index contributed by atoms with van der Waals surface area (Å²) in [5, 5.41) is 13.4. The zero-order valence-corrected chi connectivity index (χ0v) is 15.2. The second-order valence-electron chi connectivity index (χ2n) is 6.86. The third kappa shape index (κ3) is 5.23. The molecule has 1 aliphatic heterocycles. The number of epoxide rings is 1. The predicted molar refractivity (Wildman–Crippen MR) is 93.5 cm³/mol. The van der Waals surface area contributed by atoms with Crippen molar-refractivity contribution in [1.82, 2.24) is 4.98 Å². The van der Waals surface area contributed by atoms with Gasteiger partial charge in [0, 0.05) is 17.7 Å². The lowest BCUT2D eigenvalue weighted by molar-refractivity contribution is -0.110. The number of aliphatic hydroxyl groups excluding tert-OH is 1. The van der Waals surface area contributed by atoms with Gasteiger partial charge in [0.15, 0.2) is 0 Å². The average molecular weight is 337 g/mol. The van der Waals surface area contributed by atoms with Crippen molar-refractivity contribution < 1.29 is 14.6 Å². The van der Waals surface area contributed by atoms with E-state index in [1.807, 2.05) is 32.2 Å². The van der Waals surface area contributed by atoms with Crippen molar-refractivity contribution in [3.63, 3.8) is 0 Å². The lowest BCUT2D eigenvalue weighted by Gasteiger charge is -2.11. The summed E-state index contributed by atoms with van der Waals surface area (Å²) >= 11 is 1.61. The molecule has 5 heteroatoms. The maximum absolute atomic E-state index is 10.6. The Morgan fingerprint density at radius 2 is 2.35 bits per heavy atom. The number of hydrogen-bond donors (Lipinski definition) is 1. The molecule has 2 rings (SSSR count). The molecule has 0 spiro atoms. The number of carbonyl (C=O) groups excluding carboxylic acids is 1. The topological polar surface area (TPSA) is 62.7 Å². The zero-order valence-electron chi connectivity index (χ0n) is 14.4. The van der Waals surface area contributed by atoms with Gasteiger partial charge in [0.25, 0.3) is 0 Å². The number of ether oxygens (including phenoxy) is 1.